The van der Waals surface area contributed by atoms with E-state index in [1.165, 1.54) is 0 Å². The zero-order valence-corrected chi connectivity index (χ0v) is 16.8. The number of aromatic amines is 1. The molecule has 3 aliphatic rings. The molecule has 1 saturated heterocycles. The highest BCUT2D eigenvalue weighted by atomic mass is 16.4. The monoisotopic (exact) mass is 413 g/mol. The zero-order chi connectivity index (χ0) is 21.6. The first-order valence-corrected chi connectivity index (χ1v) is 9.79. The molecule has 1 aromatic rings. The zero-order valence-electron chi connectivity index (χ0n) is 16.8. The number of rotatable bonds is 4. The molecule has 0 saturated carbocycles. The first-order chi connectivity index (χ1) is 14.2. The van der Waals surface area contributed by atoms with Crippen LogP contribution in [0.2, 0.25) is 0 Å². The van der Waals surface area contributed by atoms with Gasteiger partial charge in [-0.05, 0) is 50.1 Å². The Balaban J connectivity index is 1.73. The minimum absolute atomic E-state index is 0.0926. The van der Waals surface area contributed by atoms with Crippen LogP contribution in [0.3, 0.4) is 0 Å². The molecule has 2 unspecified atom stereocenters. The number of β-amino-alcohol motifs (C(OH)–C–C–N with tert-alkyl or cyclic N) is 1. The van der Waals surface area contributed by atoms with E-state index in [2.05, 4.69) is 15.0 Å². The standard InChI is InChI=1S/C20H23N5O5/c1-10-7-13-14(8-11(10)2)25(17-16(21-13)18(27)23-20(30)22-17)6-5-24-4-3-12(19(28)29)15(26)9-24/h7-8,12,15,26H,3-6,9H2,1-2H3,(H,28,29)(H,23,27,30). The van der Waals surface area contributed by atoms with E-state index in [-0.39, 0.29) is 18.1 Å². The molecule has 2 atom stereocenters. The molecule has 0 bridgehead atoms. The van der Waals surface area contributed by atoms with Gasteiger partial charge >= 0.3 is 11.7 Å². The number of aliphatic hydroxyl groups is 1. The molecule has 3 aliphatic heterocycles. The SMILES string of the molecule is Cc1cc2nc3c(=O)[nH]c(=O)nc-3n(CCN3CCC(C(=O)O)C(O)C3)c2cc1C. The van der Waals surface area contributed by atoms with Crippen LogP contribution in [0.5, 0.6) is 0 Å². The number of nitrogens with one attached hydrogen (secondary N) is 1. The molecule has 0 amide bonds. The smallest absolute Gasteiger partial charge is 0.349 e. The number of carboxylic acid groups (broad SMARTS) is 1. The summed E-state index contributed by atoms with van der Waals surface area (Å²) in [6.45, 7) is 5.62. The Morgan fingerprint density at radius 3 is 2.63 bits per heavy atom. The fraction of sp³-hybridized carbons (Fsp3) is 0.450. The number of carboxylic acids is 1. The van der Waals surface area contributed by atoms with E-state index in [4.69, 9.17) is 0 Å². The summed E-state index contributed by atoms with van der Waals surface area (Å²) in [6.07, 6.45) is -0.578. The number of carbonyl (C=O) groups is 1. The number of fused-ring (bicyclic) bond motifs is 2. The lowest BCUT2D eigenvalue weighted by Gasteiger charge is -2.34. The summed E-state index contributed by atoms with van der Waals surface area (Å²) in [4.78, 5) is 48.0. The van der Waals surface area contributed by atoms with Crippen LogP contribution in [0.25, 0.3) is 22.6 Å². The van der Waals surface area contributed by atoms with E-state index in [0.717, 1.165) is 16.6 Å². The largest absolute Gasteiger partial charge is 0.481 e. The quantitative estimate of drug-likeness (QED) is 0.506. The number of aliphatic carboxylic acids is 1. The van der Waals surface area contributed by atoms with Crippen molar-refractivity contribution in [1.82, 2.24) is 24.4 Å². The minimum Gasteiger partial charge on any atom is -0.481 e. The lowest BCUT2D eigenvalue weighted by Crippen LogP contribution is -2.47. The number of H-pyrrole nitrogens is 1. The maximum absolute atomic E-state index is 12.3. The van der Waals surface area contributed by atoms with Crippen molar-refractivity contribution in [3.63, 3.8) is 0 Å². The van der Waals surface area contributed by atoms with E-state index < -0.39 is 29.2 Å². The van der Waals surface area contributed by atoms with Crippen LogP contribution in [0.15, 0.2) is 21.7 Å². The second kappa shape index (κ2) is 7.62. The lowest BCUT2D eigenvalue weighted by atomic mass is 9.94. The van der Waals surface area contributed by atoms with Crippen LogP contribution in [-0.2, 0) is 11.3 Å². The van der Waals surface area contributed by atoms with Crippen molar-refractivity contribution in [1.29, 1.82) is 0 Å². The maximum atomic E-state index is 12.3. The molecule has 0 radical (unpaired) electrons. The van der Waals surface area contributed by atoms with Crippen molar-refractivity contribution in [2.75, 3.05) is 19.6 Å². The number of hydrogen-bond acceptors (Lipinski definition) is 7. The van der Waals surface area contributed by atoms with Gasteiger partial charge in [-0.3, -0.25) is 19.5 Å². The van der Waals surface area contributed by atoms with E-state index in [9.17, 15) is 24.6 Å². The van der Waals surface area contributed by atoms with Gasteiger partial charge in [0.15, 0.2) is 11.5 Å². The summed E-state index contributed by atoms with van der Waals surface area (Å²) in [6, 6.07) is 3.85. The Labute approximate surface area is 171 Å². The lowest BCUT2D eigenvalue weighted by molar-refractivity contribution is -0.148. The van der Waals surface area contributed by atoms with Gasteiger partial charge in [-0.1, -0.05) is 0 Å². The Kier molecular flexibility index (Phi) is 5.12. The van der Waals surface area contributed by atoms with Gasteiger partial charge in [0, 0.05) is 19.6 Å². The van der Waals surface area contributed by atoms with Crippen molar-refractivity contribution in [2.24, 2.45) is 5.92 Å². The molecule has 3 heterocycles. The molecule has 158 valence electrons. The number of piperidine rings is 1. The highest BCUT2D eigenvalue weighted by Crippen LogP contribution is 2.24. The van der Waals surface area contributed by atoms with Crippen molar-refractivity contribution < 1.29 is 15.0 Å². The van der Waals surface area contributed by atoms with E-state index in [0.29, 0.717) is 31.6 Å². The van der Waals surface area contributed by atoms with Crippen LogP contribution < -0.4 is 11.2 Å². The van der Waals surface area contributed by atoms with Gasteiger partial charge in [0.25, 0.3) is 5.56 Å². The van der Waals surface area contributed by atoms with E-state index >= 15 is 0 Å². The van der Waals surface area contributed by atoms with Crippen LogP contribution in [-0.4, -0.2) is 66.3 Å². The number of likely N-dealkylation sites (tertiary alicyclic amines) is 1. The number of hydrogen-bond donors (Lipinski definition) is 3. The van der Waals surface area contributed by atoms with Gasteiger partial charge in [0.2, 0.25) is 0 Å². The predicted octanol–water partition coefficient (Wildman–Crippen LogP) is -0.0312. The summed E-state index contributed by atoms with van der Waals surface area (Å²) in [5.74, 6) is -1.54. The van der Waals surface area contributed by atoms with Crippen molar-refractivity contribution >= 4 is 17.0 Å². The summed E-state index contributed by atoms with van der Waals surface area (Å²) < 4.78 is 1.80. The van der Waals surface area contributed by atoms with Crippen LogP contribution in [0, 0.1) is 19.8 Å². The summed E-state index contributed by atoms with van der Waals surface area (Å²) in [7, 11) is 0. The highest BCUT2D eigenvalue weighted by molar-refractivity contribution is 5.81. The molecule has 0 spiro atoms. The van der Waals surface area contributed by atoms with Gasteiger partial charge in [0.05, 0.1) is 23.1 Å². The fourth-order valence-corrected chi connectivity index (χ4v) is 4.01. The van der Waals surface area contributed by atoms with Crippen LogP contribution >= 0.6 is 0 Å². The third-order valence-electron chi connectivity index (χ3n) is 5.85. The van der Waals surface area contributed by atoms with E-state index in [1.54, 1.807) is 4.57 Å². The van der Waals surface area contributed by atoms with Crippen molar-refractivity contribution in [2.45, 2.75) is 32.9 Å². The van der Waals surface area contributed by atoms with Gasteiger partial charge < -0.3 is 14.8 Å². The summed E-state index contributed by atoms with van der Waals surface area (Å²) in [5, 5.41) is 19.3. The van der Waals surface area contributed by atoms with Gasteiger partial charge in [-0.15, -0.1) is 0 Å². The average molecular weight is 413 g/mol. The van der Waals surface area contributed by atoms with Crippen molar-refractivity contribution in [3.05, 3.63) is 44.1 Å². The van der Waals surface area contributed by atoms with Crippen LogP contribution in [0.1, 0.15) is 17.5 Å². The number of nitrogens with zero attached hydrogens (tertiary/aromatic N) is 4. The predicted molar refractivity (Wildman–Crippen MR) is 109 cm³/mol. The summed E-state index contributed by atoms with van der Waals surface area (Å²) >= 11 is 0. The average Bonchev–Trinajstić information content (AvgIpc) is 2.67. The fourth-order valence-electron chi connectivity index (χ4n) is 4.01. The normalized spacial score (nSPS) is 20.1. The van der Waals surface area contributed by atoms with Gasteiger partial charge in [-0.2, -0.15) is 4.98 Å². The number of benzene rings is 1. The molecule has 3 N–H and O–H groups in total. The number of aliphatic hydroxyl groups excluding tert-OH is 1. The number of aromatic nitrogens is 4. The molecule has 10 nitrogen and oxygen atoms in total. The molecule has 0 aliphatic carbocycles. The van der Waals surface area contributed by atoms with Crippen LogP contribution in [0.4, 0.5) is 0 Å². The maximum Gasteiger partial charge on any atom is 0.349 e. The molecule has 1 fully saturated rings. The highest BCUT2D eigenvalue weighted by Gasteiger charge is 2.32. The second-order valence-corrected chi connectivity index (χ2v) is 7.83. The van der Waals surface area contributed by atoms with E-state index in [1.807, 2.05) is 30.9 Å². The number of aryl methyl sites for hydroxylation is 2. The Morgan fingerprint density at radius 1 is 1.20 bits per heavy atom. The molecule has 0 aromatic heterocycles. The Morgan fingerprint density at radius 2 is 1.93 bits per heavy atom. The summed E-state index contributed by atoms with van der Waals surface area (Å²) in [5.41, 5.74) is 2.23. The first kappa shape index (κ1) is 20.2. The van der Waals surface area contributed by atoms with Gasteiger partial charge in [0.1, 0.15) is 0 Å². The Bertz CT molecular complexity index is 1220. The molecular weight excluding hydrogens is 390 g/mol. The topological polar surface area (TPSA) is 141 Å². The third kappa shape index (κ3) is 3.59. The van der Waals surface area contributed by atoms with Crippen molar-refractivity contribution in [3.8, 4) is 11.5 Å². The molecule has 30 heavy (non-hydrogen) atoms. The van der Waals surface area contributed by atoms with Gasteiger partial charge in [-0.25, -0.2) is 9.78 Å². The molecule has 4 rings (SSSR count). The first-order valence-electron chi connectivity index (χ1n) is 9.79. The minimum atomic E-state index is -0.986. The Hall–Kier alpha value is -3.11. The third-order valence-corrected chi connectivity index (χ3v) is 5.85. The second-order valence-electron chi connectivity index (χ2n) is 7.83. The molecule has 10 heteroatoms. The molecule has 1 aromatic carbocycles. The molecular formula is C20H23N5O5.